The number of unbranched alkanes of at least 4 members (excludes halogenated alkanes) is 4. The first-order chi connectivity index (χ1) is 19.7. The first-order valence-corrected chi connectivity index (χ1v) is 17.9. The van der Waals surface area contributed by atoms with Crippen LogP contribution in [-0.2, 0) is 25.3 Å². The third-order valence-electron chi connectivity index (χ3n) is 6.38. The van der Waals surface area contributed by atoms with Gasteiger partial charge in [0.1, 0.15) is 5.82 Å². The number of pyridine rings is 1. The number of carbonyl (C=O) groups excluding carboxylic acids is 1. The minimum absolute atomic E-state index is 0.0516. The zero-order valence-electron chi connectivity index (χ0n) is 23.7. The molecule has 1 amide bonds. The van der Waals surface area contributed by atoms with Crippen molar-refractivity contribution in [1.82, 2.24) is 9.88 Å². The van der Waals surface area contributed by atoms with Crippen molar-refractivity contribution in [1.29, 1.82) is 0 Å². The summed E-state index contributed by atoms with van der Waals surface area (Å²) in [6.45, 7) is 5.31. The average molecular weight is 655 g/mol. The molecular weight excluding hydrogens is 617 g/mol. The molecule has 1 aromatic carbocycles. The molecule has 3 rings (SSSR count). The Morgan fingerprint density at radius 3 is 2.02 bits per heavy atom. The van der Waals surface area contributed by atoms with Crippen LogP contribution in [-0.4, -0.2) is 70.3 Å². The number of piperazine rings is 1. The molecule has 0 bridgehead atoms. The molecule has 1 saturated heterocycles. The topological polar surface area (TPSA) is 117 Å². The van der Waals surface area contributed by atoms with E-state index in [1.54, 1.807) is 12.1 Å². The monoisotopic (exact) mass is 654 g/mol. The van der Waals surface area contributed by atoms with E-state index in [-0.39, 0.29) is 30.2 Å². The summed E-state index contributed by atoms with van der Waals surface area (Å²) in [5.41, 5.74) is -0.924. The van der Waals surface area contributed by atoms with Gasteiger partial charge in [0.25, 0.3) is 5.91 Å². The number of sulfonamides is 1. The molecule has 0 spiro atoms. The van der Waals surface area contributed by atoms with Crippen LogP contribution >= 0.6 is 10.7 Å². The lowest BCUT2D eigenvalue weighted by molar-refractivity contribution is -0.138. The Morgan fingerprint density at radius 2 is 1.50 bits per heavy atom. The van der Waals surface area contributed by atoms with E-state index in [1.165, 1.54) is 29.3 Å². The van der Waals surface area contributed by atoms with Crippen molar-refractivity contribution in [3.05, 3.63) is 53.7 Å². The summed E-state index contributed by atoms with van der Waals surface area (Å²) in [5.74, 6) is 0.119. The van der Waals surface area contributed by atoms with Crippen LogP contribution in [0.4, 0.5) is 24.7 Å². The van der Waals surface area contributed by atoms with Crippen LogP contribution in [0.5, 0.6) is 0 Å². The molecule has 1 aromatic heterocycles. The summed E-state index contributed by atoms with van der Waals surface area (Å²) >= 11 is 0. The Balaban J connectivity index is 0.000000592. The van der Waals surface area contributed by atoms with Gasteiger partial charge in [-0.1, -0.05) is 51.7 Å². The van der Waals surface area contributed by atoms with Gasteiger partial charge in [-0.25, -0.2) is 21.8 Å². The van der Waals surface area contributed by atoms with E-state index in [4.69, 9.17) is 10.7 Å². The molecule has 1 aliphatic heterocycles. The third-order valence-corrected chi connectivity index (χ3v) is 9.00. The number of alkyl halides is 3. The molecule has 0 atom stereocenters. The second-order valence-electron chi connectivity index (χ2n) is 9.81. The molecule has 236 valence electrons. The fraction of sp³-hybridized carbons (Fsp3) is 0.556. The average Bonchev–Trinajstić information content (AvgIpc) is 2.92. The third kappa shape index (κ3) is 12.3. The minimum Gasteiger partial charge on any atom is -0.353 e. The molecular formula is C27H38ClF3N4O5S2. The Morgan fingerprint density at radius 1 is 0.905 bits per heavy atom. The Kier molecular flexibility index (Phi) is 13.8. The van der Waals surface area contributed by atoms with Gasteiger partial charge < -0.3 is 9.80 Å². The maximum Gasteiger partial charge on any atom is 0.417 e. The van der Waals surface area contributed by atoms with Crippen LogP contribution in [0, 0.1) is 0 Å². The first-order valence-electron chi connectivity index (χ1n) is 13.8. The highest BCUT2D eigenvalue weighted by Gasteiger charge is 2.36. The second kappa shape index (κ2) is 16.3. The van der Waals surface area contributed by atoms with Crippen LogP contribution in [0.3, 0.4) is 0 Å². The van der Waals surface area contributed by atoms with Gasteiger partial charge >= 0.3 is 6.18 Å². The molecule has 2 heterocycles. The van der Waals surface area contributed by atoms with Crippen molar-refractivity contribution in [3.63, 3.8) is 0 Å². The molecule has 0 unspecified atom stereocenters. The van der Waals surface area contributed by atoms with E-state index in [2.05, 4.69) is 9.71 Å². The summed E-state index contributed by atoms with van der Waals surface area (Å²) in [6, 6.07) is 8.09. The fourth-order valence-corrected chi connectivity index (χ4v) is 6.20. The second-order valence-corrected chi connectivity index (χ2v) is 14.5. The number of hydrogen-bond acceptors (Lipinski definition) is 7. The molecule has 0 radical (unpaired) electrons. The van der Waals surface area contributed by atoms with Gasteiger partial charge in [0.15, 0.2) is 0 Å². The number of anilines is 2. The number of aromatic nitrogens is 1. The smallest absolute Gasteiger partial charge is 0.353 e. The molecule has 15 heteroatoms. The van der Waals surface area contributed by atoms with Gasteiger partial charge in [0, 0.05) is 36.9 Å². The van der Waals surface area contributed by atoms with Crippen LogP contribution in [0.15, 0.2) is 42.6 Å². The van der Waals surface area contributed by atoms with Crippen molar-refractivity contribution >= 4 is 47.2 Å². The maximum absolute atomic E-state index is 13.2. The SMILES string of the molecule is CCCCCS(=O)(=O)Cl.CCCCCS(=O)(=O)Nc1ccc(N2CCN(C(=O)c3ccccc3C(F)(F)F)CC2)nc1. The highest BCUT2D eigenvalue weighted by molar-refractivity contribution is 8.13. The van der Waals surface area contributed by atoms with E-state index in [1.807, 2.05) is 18.7 Å². The summed E-state index contributed by atoms with van der Waals surface area (Å²) in [5, 5.41) is 0. The molecule has 2 aromatic rings. The largest absolute Gasteiger partial charge is 0.417 e. The van der Waals surface area contributed by atoms with Gasteiger partial charge in [-0.05, 0) is 37.1 Å². The molecule has 9 nitrogen and oxygen atoms in total. The van der Waals surface area contributed by atoms with Gasteiger partial charge in [0.05, 0.1) is 34.5 Å². The number of nitrogens with zero attached hydrogens (tertiary/aromatic N) is 3. The van der Waals surface area contributed by atoms with E-state index in [0.717, 1.165) is 31.7 Å². The number of rotatable bonds is 12. The lowest BCUT2D eigenvalue weighted by Crippen LogP contribution is -2.49. The van der Waals surface area contributed by atoms with E-state index < -0.39 is 36.7 Å². The van der Waals surface area contributed by atoms with Gasteiger partial charge in [-0.3, -0.25) is 9.52 Å². The minimum atomic E-state index is -4.60. The Hall–Kier alpha value is -2.58. The van der Waals surface area contributed by atoms with Crippen molar-refractivity contribution in [2.75, 3.05) is 47.3 Å². The van der Waals surface area contributed by atoms with E-state index >= 15 is 0 Å². The number of halogens is 4. The highest BCUT2D eigenvalue weighted by atomic mass is 35.7. The van der Waals surface area contributed by atoms with Crippen LogP contribution in [0.1, 0.15) is 68.3 Å². The summed E-state index contributed by atoms with van der Waals surface area (Å²) in [7, 11) is -1.71. The molecule has 42 heavy (non-hydrogen) atoms. The van der Waals surface area contributed by atoms with Gasteiger partial charge in [-0.15, -0.1) is 0 Å². The van der Waals surface area contributed by atoms with Crippen molar-refractivity contribution in [2.45, 2.75) is 58.5 Å². The van der Waals surface area contributed by atoms with Crippen LogP contribution in [0.25, 0.3) is 0 Å². The molecule has 1 aliphatic rings. The number of carbonyl (C=O) groups is 1. The predicted octanol–water partition coefficient (Wildman–Crippen LogP) is 5.74. The number of amides is 1. The van der Waals surface area contributed by atoms with E-state index in [9.17, 15) is 34.8 Å². The van der Waals surface area contributed by atoms with Crippen molar-refractivity contribution in [2.24, 2.45) is 0 Å². The van der Waals surface area contributed by atoms with E-state index in [0.29, 0.717) is 37.4 Å². The Bertz CT molecular complexity index is 1350. The standard InChI is InChI=1S/C22H27F3N4O3S.C5H11ClO2S/c1-2-3-6-15-33(31,32)27-17-9-10-20(26-16-17)28-11-13-29(14-12-28)21(30)18-7-4-5-8-19(18)22(23,24)25;1-2-3-4-5-9(6,7)8/h4-5,7-10,16,27H,2-3,6,11-15H2,1H3;2-5H2,1H3. The van der Waals surface area contributed by atoms with Gasteiger partial charge in [-0.2, -0.15) is 13.2 Å². The maximum atomic E-state index is 13.2. The normalized spacial score (nSPS) is 14.2. The van der Waals surface area contributed by atoms with Crippen molar-refractivity contribution < 1.29 is 34.8 Å². The van der Waals surface area contributed by atoms with Crippen LogP contribution in [0.2, 0.25) is 0 Å². The fourth-order valence-electron chi connectivity index (χ4n) is 4.16. The lowest BCUT2D eigenvalue weighted by atomic mass is 10.1. The molecule has 1 fully saturated rings. The molecule has 0 aliphatic carbocycles. The summed E-state index contributed by atoms with van der Waals surface area (Å²) in [4.78, 5) is 20.3. The Labute approximate surface area is 250 Å². The number of hydrogen-bond donors (Lipinski definition) is 1. The predicted molar refractivity (Wildman–Crippen MR) is 160 cm³/mol. The lowest BCUT2D eigenvalue weighted by Gasteiger charge is -2.35. The first kappa shape index (κ1) is 35.6. The van der Waals surface area contributed by atoms with Gasteiger partial charge in [0.2, 0.25) is 19.1 Å². The summed E-state index contributed by atoms with van der Waals surface area (Å²) in [6.07, 6.45) is 1.84. The molecule has 1 N–H and O–H groups in total. The zero-order chi connectivity index (χ0) is 31.4. The quantitative estimate of drug-likeness (QED) is 0.229. The molecule has 0 saturated carbocycles. The number of nitrogens with one attached hydrogen (secondary N) is 1. The summed E-state index contributed by atoms with van der Waals surface area (Å²) < 4.78 is 87.0. The zero-order valence-corrected chi connectivity index (χ0v) is 26.1. The van der Waals surface area contributed by atoms with Crippen molar-refractivity contribution in [3.8, 4) is 0 Å². The number of benzene rings is 1. The highest BCUT2D eigenvalue weighted by Crippen LogP contribution is 2.32. The van der Waals surface area contributed by atoms with Crippen LogP contribution < -0.4 is 9.62 Å².